The Balaban J connectivity index is 1.90. The molecule has 0 saturated heterocycles. The summed E-state index contributed by atoms with van der Waals surface area (Å²) < 4.78 is 8.08. The number of aryl methyl sites for hydroxylation is 1. The van der Waals surface area contributed by atoms with E-state index < -0.39 is 0 Å². The van der Waals surface area contributed by atoms with Gasteiger partial charge in [0.1, 0.15) is 25.1 Å². The Morgan fingerprint density at radius 3 is 2.52 bits per heavy atom. The van der Waals surface area contributed by atoms with Gasteiger partial charge in [-0.15, -0.1) is 0 Å². The molecule has 3 aromatic carbocycles. The highest BCUT2D eigenvalue weighted by atomic mass is 16.5. The van der Waals surface area contributed by atoms with Crippen LogP contribution in [0.4, 0.5) is 0 Å². The van der Waals surface area contributed by atoms with Gasteiger partial charge in [-0.25, -0.2) is 0 Å². The van der Waals surface area contributed by atoms with E-state index in [9.17, 15) is 5.21 Å². The van der Waals surface area contributed by atoms with Crippen LogP contribution in [0, 0.1) is 5.21 Å². The largest absolute Gasteiger partial charge is 0.633 e. The van der Waals surface area contributed by atoms with Crippen molar-refractivity contribution in [3.63, 3.8) is 0 Å². The molecule has 1 aliphatic rings. The fourth-order valence-electron chi connectivity index (χ4n) is 4.18. The van der Waals surface area contributed by atoms with Crippen molar-refractivity contribution in [2.45, 2.75) is 6.54 Å². The Kier molecular flexibility index (Phi) is 3.32. The van der Waals surface area contributed by atoms with Crippen molar-refractivity contribution < 1.29 is 14.0 Å². The van der Waals surface area contributed by atoms with E-state index in [0.29, 0.717) is 6.54 Å². The van der Waals surface area contributed by atoms with Gasteiger partial charge < -0.3 is 14.6 Å². The summed E-state index contributed by atoms with van der Waals surface area (Å²) in [5.41, 5.74) is 4.41. The van der Waals surface area contributed by atoms with Crippen molar-refractivity contribution in [2.75, 3.05) is 14.1 Å². The summed E-state index contributed by atoms with van der Waals surface area (Å²) in [7, 11) is 5.44. The van der Waals surface area contributed by atoms with E-state index in [0.717, 1.165) is 39.2 Å². The fraction of sp³-hybridized carbons (Fsp3) is 0.174. The van der Waals surface area contributed by atoms with E-state index in [-0.39, 0.29) is 4.65 Å². The van der Waals surface area contributed by atoms with Gasteiger partial charge in [-0.1, -0.05) is 30.3 Å². The third kappa shape index (κ3) is 2.49. The Morgan fingerprint density at radius 1 is 0.926 bits per heavy atom. The molecule has 0 fully saturated rings. The Labute approximate surface area is 158 Å². The molecule has 4 heteroatoms. The van der Waals surface area contributed by atoms with Gasteiger partial charge in [-0.3, -0.25) is 0 Å². The highest BCUT2D eigenvalue weighted by Crippen LogP contribution is 2.46. The van der Waals surface area contributed by atoms with E-state index in [1.165, 1.54) is 10.8 Å². The van der Waals surface area contributed by atoms with Crippen LogP contribution in [0.1, 0.15) is 5.56 Å². The zero-order valence-electron chi connectivity index (χ0n) is 15.7. The predicted octanol–water partition coefficient (Wildman–Crippen LogP) is 4.66. The summed E-state index contributed by atoms with van der Waals surface area (Å²) in [6.07, 6.45) is 0. The number of hydroxylamine groups is 3. The van der Waals surface area contributed by atoms with Crippen molar-refractivity contribution in [1.29, 1.82) is 0 Å². The number of quaternary nitrogens is 1. The number of fused-ring (bicyclic) bond motifs is 4. The molecule has 0 aliphatic carbocycles. The zero-order valence-corrected chi connectivity index (χ0v) is 15.7. The second-order valence-electron chi connectivity index (χ2n) is 7.77. The number of hydrogen-bond acceptors (Lipinski definition) is 2. The lowest BCUT2D eigenvalue weighted by molar-refractivity contribution is -0.853. The lowest BCUT2D eigenvalue weighted by atomic mass is 9.95. The second kappa shape index (κ2) is 5.52. The number of aromatic nitrogens is 1. The molecule has 0 radical (unpaired) electrons. The average molecular weight is 357 g/mol. The summed E-state index contributed by atoms with van der Waals surface area (Å²) in [6, 6.07) is 20.7. The molecule has 0 spiro atoms. The molecule has 27 heavy (non-hydrogen) atoms. The van der Waals surface area contributed by atoms with Gasteiger partial charge in [-0.05, 0) is 24.3 Å². The van der Waals surface area contributed by atoms with E-state index >= 15 is 0 Å². The van der Waals surface area contributed by atoms with Crippen LogP contribution in [0.15, 0.2) is 60.7 Å². The summed E-state index contributed by atoms with van der Waals surface area (Å²) in [6.45, 7) is 0.447. The van der Waals surface area contributed by atoms with Crippen LogP contribution < -0.4 is 9.30 Å². The molecular formula is C23H21N2O2+. The maximum Gasteiger partial charge on any atom is 0.228 e. The maximum absolute atomic E-state index is 12.2. The van der Waals surface area contributed by atoms with Gasteiger partial charge >= 0.3 is 0 Å². The molecule has 0 bridgehead atoms. The minimum atomic E-state index is -0.337. The van der Waals surface area contributed by atoms with E-state index in [1.807, 2.05) is 30.3 Å². The first-order chi connectivity index (χ1) is 12.9. The van der Waals surface area contributed by atoms with Crippen LogP contribution in [-0.4, -0.2) is 18.7 Å². The molecule has 4 aromatic rings. The lowest BCUT2D eigenvalue weighted by Gasteiger charge is -2.33. The van der Waals surface area contributed by atoms with E-state index in [4.69, 9.17) is 4.74 Å². The molecule has 0 unspecified atom stereocenters. The molecule has 2 heterocycles. The van der Waals surface area contributed by atoms with Crippen molar-refractivity contribution in [1.82, 2.24) is 0 Å². The van der Waals surface area contributed by atoms with Crippen LogP contribution in [0.2, 0.25) is 0 Å². The van der Waals surface area contributed by atoms with Gasteiger partial charge in [0.05, 0.1) is 30.4 Å². The van der Waals surface area contributed by atoms with E-state index in [2.05, 4.69) is 41.9 Å². The van der Waals surface area contributed by atoms with Crippen molar-refractivity contribution in [2.24, 2.45) is 7.05 Å². The fourth-order valence-corrected chi connectivity index (χ4v) is 4.18. The molecule has 1 aromatic heterocycles. The summed E-state index contributed by atoms with van der Waals surface area (Å²) >= 11 is 0. The highest BCUT2D eigenvalue weighted by Gasteiger charge is 2.29. The number of ether oxygens (including phenoxy) is 1. The molecular weight excluding hydrogens is 336 g/mol. The number of benzene rings is 3. The van der Waals surface area contributed by atoms with Crippen LogP contribution in [0.3, 0.4) is 0 Å². The maximum atomic E-state index is 12.2. The Morgan fingerprint density at radius 2 is 1.70 bits per heavy atom. The number of pyridine rings is 1. The van der Waals surface area contributed by atoms with Crippen LogP contribution in [0.5, 0.6) is 11.5 Å². The normalized spacial score (nSPS) is 12.9. The quantitative estimate of drug-likeness (QED) is 0.199. The first kappa shape index (κ1) is 16.2. The number of para-hydroxylation sites is 1. The first-order valence-corrected chi connectivity index (χ1v) is 9.11. The topological polar surface area (TPSA) is 36.2 Å². The SMILES string of the molecule is C[n+]1c2c3c(cccc3c3ccc(C[N+](C)(C)[O-])cc31)Oc1ccccc1-2. The predicted molar refractivity (Wildman–Crippen MR) is 107 cm³/mol. The minimum Gasteiger partial charge on any atom is -0.633 e. The molecule has 0 amide bonds. The molecule has 5 rings (SSSR count). The monoisotopic (exact) mass is 357 g/mol. The summed E-state index contributed by atoms with van der Waals surface area (Å²) in [4.78, 5) is 0. The number of hydrogen-bond donors (Lipinski definition) is 0. The van der Waals surface area contributed by atoms with Gasteiger partial charge in [0.25, 0.3) is 0 Å². The van der Waals surface area contributed by atoms with Gasteiger partial charge in [0, 0.05) is 17.0 Å². The average Bonchev–Trinajstić information content (AvgIpc) is 2.63. The van der Waals surface area contributed by atoms with Crippen molar-refractivity contribution in [3.8, 4) is 22.8 Å². The Hall–Kier alpha value is -2.95. The van der Waals surface area contributed by atoms with Crippen LogP contribution in [0.25, 0.3) is 32.9 Å². The third-order valence-corrected chi connectivity index (χ3v) is 5.24. The van der Waals surface area contributed by atoms with Crippen LogP contribution >= 0.6 is 0 Å². The van der Waals surface area contributed by atoms with Gasteiger partial charge in [-0.2, -0.15) is 4.57 Å². The highest BCUT2D eigenvalue weighted by molar-refractivity contribution is 6.12. The molecule has 1 aliphatic heterocycles. The standard InChI is InChI=1S/C23H21N2O2/c1-24-19-13-15(14-25(2,3)26)11-12-16(19)17-8-6-10-21-22(17)23(24)18-7-4-5-9-20(18)27-21/h4-13H,14H2,1-3H3/q+1. The lowest BCUT2D eigenvalue weighted by Crippen LogP contribution is -2.34. The van der Waals surface area contributed by atoms with Crippen molar-refractivity contribution in [3.05, 3.63) is 71.4 Å². The molecule has 134 valence electrons. The second-order valence-corrected chi connectivity index (χ2v) is 7.77. The number of nitrogens with zero attached hydrogens (tertiary/aromatic N) is 2. The van der Waals surface area contributed by atoms with Crippen molar-refractivity contribution >= 4 is 21.7 Å². The van der Waals surface area contributed by atoms with E-state index in [1.54, 1.807) is 14.1 Å². The summed E-state index contributed by atoms with van der Waals surface area (Å²) in [5, 5.41) is 15.6. The molecule has 0 saturated carbocycles. The first-order valence-electron chi connectivity index (χ1n) is 9.11. The van der Waals surface area contributed by atoms with Gasteiger partial charge in [0.15, 0.2) is 0 Å². The Bertz CT molecular complexity index is 1220. The van der Waals surface area contributed by atoms with Crippen LogP contribution in [-0.2, 0) is 13.6 Å². The van der Waals surface area contributed by atoms with Gasteiger partial charge in [0.2, 0.25) is 11.2 Å². The molecule has 4 nitrogen and oxygen atoms in total. The molecule has 0 N–H and O–H groups in total. The smallest absolute Gasteiger partial charge is 0.228 e. The number of rotatable bonds is 2. The zero-order chi connectivity index (χ0) is 18.8. The molecule has 0 atom stereocenters. The minimum absolute atomic E-state index is 0.337. The third-order valence-electron chi connectivity index (χ3n) is 5.24. The summed E-state index contributed by atoms with van der Waals surface area (Å²) in [5.74, 6) is 1.76.